The lowest BCUT2D eigenvalue weighted by Gasteiger charge is -2.37. The number of hydrogen-bond donors (Lipinski definition) is 1. The molecule has 5 rings (SSSR count). The van der Waals surface area contributed by atoms with Crippen LogP contribution in [-0.2, 0) is 4.79 Å². The molecule has 0 radical (unpaired) electrons. The predicted octanol–water partition coefficient (Wildman–Crippen LogP) is 4.62. The summed E-state index contributed by atoms with van der Waals surface area (Å²) in [7, 11) is 0. The highest BCUT2D eigenvalue weighted by Gasteiger charge is 2.42. The van der Waals surface area contributed by atoms with Crippen molar-refractivity contribution in [1.29, 1.82) is 0 Å². The van der Waals surface area contributed by atoms with Crippen LogP contribution in [0.3, 0.4) is 0 Å². The molecular weight excluding hydrogens is 374 g/mol. The largest absolute Gasteiger partial charge is 0.328 e. The number of nitrogens with one attached hydrogen (secondary N) is 1. The normalized spacial score (nSPS) is 19.9. The zero-order valence-corrected chi connectivity index (χ0v) is 17.7. The van der Waals surface area contributed by atoms with Crippen LogP contribution in [0, 0.1) is 19.3 Å². The van der Waals surface area contributed by atoms with E-state index in [0.29, 0.717) is 18.2 Å². The first kappa shape index (κ1) is 18.7. The highest BCUT2D eigenvalue weighted by atomic mass is 16.1. The number of ketones is 1. The lowest BCUT2D eigenvalue weighted by molar-refractivity contribution is -0.118. The number of hydrogen-bond acceptors (Lipinski definition) is 5. The topological polar surface area (TPSA) is 72.7 Å². The van der Waals surface area contributed by atoms with Crippen molar-refractivity contribution < 1.29 is 4.79 Å². The Morgan fingerprint density at radius 2 is 1.93 bits per heavy atom. The smallest absolute Gasteiger partial charge is 0.226 e. The van der Waals surface area contributed by atoms with Gasteiger partial charge in [-0.25, -0.2) is 4.68 Å². The number of allylic oxidation sites excluding steroid dienone is 2. The van der Waals surface area contributed by atoms with Crippen LogP contribution < -0.4 is 5.32 Å². The molecule has 30 heavy (non-hydrogen) atoms. The molecule has 6 nitrogen and oxygen atoms in total. The minimum atomic E-state index is -0.367. The molecule has 1 aromatic carbocycles. The molecule has 0 bridgehead atoms. The first-order chi connectivity index (χ1) is 14.3. The minimum Gasteiger partial charge on any atom is -0.328 e. The first-order valence-electron chi connectivity index (χ1n) is 10.3. The summed E-state index contributed by atoms with van der Waals surface area (Å²) in [5, 5.41) is 8.25. The van der Waals surface area contributed by atoms with Crippen molar-refractivity contribution in [2.75, 3.05) is 5.32 Å². The molecule has 1 unspecified atom stereocenters. The van der Waals surface area contributed by atoms with Gasteiger partial charge in [-0.15, -0.1) is 5.10 Å². The predicted molar refractivity (Wildman–Crippen MR) is 116 cm³/mol. The van der Waals surface area contributed by atoms with Crippen LogP contribution in [0.25, 0.3) is 11.4 Å². The Balaban J connectivity index is 1.67. The van der Waals surface area contributed by atoms with Crippen molar-refractivity contribution in [3.63, 3.8) is 0 Å². The van der Waals surface area contributed by atoms with E-state index in [1.54, 1.807) is 6.20 Å². The van der Waals surface area contributed by atoms with Crippen LogP contribution in [0.2, 0.25) is 0 Å². The molecule has 2 aliphatic rings. The SMILES string of the molecule is Cc1ccc(-c2nc3n(n2)C(c2ccccn2)C2=C(CC(C)(C)CC2=O)N3)cc1C. The van der Waals surface area contributed by atoms with Gasteiger partial charge >= 0.3 is 0 Å². The summed E-state index contributed by atoms with van der Waals surface area (Å²) >= 11 is 0. The minimum absolute atomic E-state index is 0.0866. The average Bonchev–Trinajstić information content (AvgIpc) is 3.12. The monoisotopic (exact) mass is 399 g/mol. The van der Waals surface area contributed by atoms with Gasteiger partial charge in [0, 0.05) is 29.5 Å². The van der Waals surface area contributed by atoms with Crippen LogP contribution in [0.1, 0.15) is 49.6 Å². The second-order valence-corrected chi connectivity index (χ2v) is 9.12. The van der Waals surface area contributed by atoms with Crippen LogP contribution in [0.5, 0.6) is 0 Å². The molecule has 0 saturated heterocycles. The van der Waals surface area contributed by atoms with Gasteiger partial charge in [-0.1, -0.05) is 32.0 Å². The van der Waals surface area contributed by atoms with Gasteiger partial charge in [-0.05, 0) is 55.0 Å². The zero-order valence-electron chi connectivity index (χ0n) is 17.7. The first-order valence-corrected chi connectivity index (χ1v) is 10.3. The van der Waals surface area contributed by atoms with Crippen molar-refractivity contribution in [2.24, 2.45) is 5.41 Å². The quantitative estimate of drug-likeness (QED) is 0.681. The number of aromatic nitrogens is 4. The van der Waals surface area contributed by atoms with E-state index in [-0.39, 0.29) is 17.2 Å². The molecule has 0 amide bonds. The van der Waals surface area contributed by atoms with Crippen LogP contribution in [0.15, 0.2) is 53.9 Å². The molecular formula is C24H25N5O. The molecule has 0 spiro atoms. The summed E-state index contributed by atoms with van der Waals surface area (Å²) in [5.41, 5.74) is 5.82. The number of Topliss-reactive ketones (excluding diaryl/α,β-unsaturated/α-hetero) is 1. The average molecular weight is 399 g/mol. The highest BCUT2D eigenvalue weighted by molar-refractivity contribution is 6.00. The number of carbonyl (C=O) groups is 1. The lowest BCUT2D eigenvalue weighted by Crippen LogP contribution is -2.36. The maximum atomic E-state index is 13.2. The van der Waals surface area contributed by atoms with Crippen LogP contribution in [0.4, 0.5) is 5.95 Å². The number of nitrogens with zero attached hydrogens (tertiary/aromatic N) is 4. The molecule has 0 saturated carbocycles. The third-order valence-corrected chi connectivity index (χ3v) is 6.06. The maximum absolute atomic E-state index is 13.2. The number of aryl methyl sites for hydroxylation is 2. The van der Waals surface area contributed by atoms with Crippen molar-refractivity contribution in [3.8, 4) is 11.4 Å². The van der Waals surface area contributed by atoms with Gasteiger partial charge < -0.3 is 5.32 Å². The van der Waals surface area contributed by atoms with E-state index < -0.39 is 0 Å². The fourth-order valence-corrected chi connectivity index (χ4v) is 4.42. The van der Waals surface area contributed by atoms with Crippen molar-refractivity contribution in [1.82, 2.24) is 19.7 Å². The molecule has 1 atom stereocenters. The maximum Gasteiger partial charge on any atom is 0.226 e. The molecule has 6 heteroatoms. The van der Waals surface area contributed by atoms with Gasteiger partial charge in [0.05, 0.1) is 5.69 Å². The summed E-state index contributed by atoms with van der Waals surface area (Å²) in [6, 6.07) is 11.7. The summed E-state index contributed by atoms with van der Waals surface area (Å²) in [6.07, 6.45) is 3.07. The Labute approximate surface area is 176 Å². The summed E-state index contributed by atoms with van der Waals surface area (Å²) in [5.74, 6) is 1.45. The summed E-state index contributed by atoms with van der Waals surface area (Å²) in [6.45, 7) is 8.44. The summed E-state index contributed by atoms with van der Waals surface area (Å²) in [4.78, 5) is 22.6. The number of anilines is 1. The fraction of sp³-hybridized carbons (Fsp3) is 0.333. The van der Waals surface area contributed by atoms with E-state index in [4.69, 9.17) is 10.1 Å². The van der Waals surface area contributed by atoms with Crippen LogP contribution >= 0.6 is 0 Å². The number of benzene rings is 1. The Morgan fingerprint density at radius 1 is 1.10 bits per heavy atom. The number of pyridine rings is 1. The molecule has 0 fully saturated rings. The zero-order chi connectivity index (χ0) is 21.0. The van der Waals surface area contributed by atoms with E-state index in [9.17, 15) is 4.79 Å². The Bertz CT molecular complexity index is 1190. The molecule has 3 heterocycles. The molecule has 1 N–H and O–H groups in total. The van der Waals surface area contributed by atoms with Gasteiger partial charge in [-0.2, -0.15) is 4.98 Å². The highest BCUT2D eigenvalue weighted by Crippen LogP contribution is 2.45. The van der Waals surface area contributed by atoms with Gasteiger partial charge in [0.15, 0.2) is 11.6 Å². The summed E-state index contributed by atoms with van der Waals surface area (Å²) < 4.78 is 1.82. The molecule has 1 aliphatic carbocycles. The third-order valence-electron chi connectivity index (χ3n) is 6.06. The van der Waals surface area contributed by atoms with Gasteiger partial charge in [0.2, 0.25) is 5.95 Å². The van der Waals surface area contributed by atoms with Gasteiger partial charge in [0.1, 0.15) is 6.04 Å². The van der Waals surface area contributed by atoms with Crippen molar-refractivity contribution >= 4 is 11.7 Å². The van der Waals surface area contributed by atoms with E-state index in [1.807, 2.05) is 28.9 Å². The third kappa shape index (κ3) is 3.03. The van der Waals surface area contributed by atoms with Crippen molar-refractivity contribution in [3.05, 3.63) is 70.7 Å². The number of rotatable bonds is 2. The Morgan fingerprint density at radius 3 is 2.67 bits per heavy atom. The molecule has 1 aliphatic heterocycles. The number of carbonyl (C=O) groups excluding carboxylic acids is 1. The van der Waals surface area contributed by atoms with Gasteiger partial charge in [-0.3, -0.25) is 9.78 Å². The van der Waals surface area contributed by atoms with E-state index >= 15 is 0 Å². The second kappa shape index (κ2) is 6.62. The standard InChI is InChI=1S/C24H25N5O/c1-14-8-9-16(11-15(14)2)22-27-23-26-18-12-24(3,4)13-19(30)20(18)21(29(23)28-22)17-7-5-6-10-25-17/h5-11,21H,12-13H2,1-4H3,(H,26,27,28). The number of fused-ring (bicyclic) bond motifs is 1. The fourth-order valence-electron chi connectivity index (χ4n) is 4.42. The van der Waals surface area contributed by atoms with Crippen LogP contribution in [-0.4, -0.2) is 25.5 Å². The van der Waals surface area contributed by atoms with Gasteiger partial charge in [0.25, 0.3) is 0 Å². The lowest BCUT2D eigenvalue weighted by atomic mass is 9.73. The molecule has 2 aromatic heterocycles. The second-order valence-electron chi connectivity index (χ2n) is 9.12. The van der Waals surface area contributed by atoms with Crippen molar-refractivity contribution in [2.45, 2.75) is 46.6 Å². The molecule has 3 aromatic rings. The van der Waals surface area contributed by atoms with E-state index in [0.717, 1.165) is 28.9 Å². The molecule has 152 valence electrons. The van der Waals surface area contributed by atoms with E-state index in [2.05, 4.69) is 50.1 Å². The van der Waals surface area contributed by atoms with E-state index in [1.165, 1.54) is 11.1 Å². The Hall–Kier alpha value is -3.28. The Kier molecular flexibility index (Phi) is 4.13.